The Bertz CT molecular complexity index is 706. The lowest BCUT2D eigenvalue weighted by atomic mass is 10.1. The predicted octanol–water partition coefficient (Wildman–Crippen LogP) is 2.98. The van der Waals surface area contributed by atoms with E-state index < -0.39 is 9.84 Å². The maximum absolute atomic E-state index is 12.4. The lowest BCUT2D eigenvalue weighted by Gasteiger charge is -2.08. The van der Waals surface area contributed by atoms with Crippen LogP contribution in [0.4, 0.5) is 0 Å². The summed E-state index contributed by atoms with van der Waals surface area (Å²) in [5.41, 5.74) is 3.78. The van der Waals surface area contributed by atoms with E-state index in [-0.39, 0.29) is 10.8 Å². The first-order valence-electron chi connectivity index (χ1n) is 6.10. The third-order valence-electron chi connectivity index (χ3n) is 3.06. The standard InChI is InChI=1S/C15H17NO2S/c1-11-4-5-13(3)14(8-11)10-19(17,18)15-9-12(2)6-7-16-15/h4-9H,10H2,1-3H3. The van der Waals surface area contributed by atoms with E-state index >= 15 is 0 Å². The zero-order valence-electron chi connectivity index (χ0n) is 11.3. The second-order valence-electron chi connectivity index (χ2n) is 4.86. The van der Waals surface area contributed by atoms with E-state index in [1.54, 1.807) is 12.1 Å². The highest BCUT2D eigenvalue weighted by atomic mass is 32.2. The molecule has 0 spiro atoms. The molecular weight excluding hydrogens is 258 g/mol. The van der Waals surface area contributed by atoms with Crippen LogP contribution in [0, 0.1) is 20.8 Å². The fourth-order valence-corrected chi connectivity index (χ4v) is 3.37. The van der Waals surface area contributed by atoms with Crippen molar-refractivity contribution < 1.29 is 8.42 Å². The van der Waals surface area contributed by atoms with E-state index in [1.165, 1.54) is 6.20 Å². The van der Waals surface area contributed by atoms with Gasteiger partial charge >= 0.3 is 0 Å². The third-order valence-corrected chi connectivity index (χ3v) is 4.61. The summed E-state index contributed by atoms with van der Waals surface area (Å²) >= 11 is 0. The largest absolute Gasteiger partial charge is 0.245 e. The molecule has 4 heteroatoms. The van der Waals surface area contributed by atoms with Crippen molar-refractivity contribution >= 4 is 9.84 Å². The SMILES string of the molecule is Cc1ccnc(S(=O)(=O)Cc2cc(C)ccc2C)c1. The van der Waals surface area contributed by atoms with Crippen LogP contribution in [-0.4, -0.2) is 13.4 Å². The molecule has 19 heavy (non-hydrogen) atoms. The highest BCUT2D eigenvalue weighted by Gasteiger charge is 2.18. The summed E-state index contributed by atoms with van der Waals surface area (Å²) in [6.45, 7) is 5.74. The van der Waals surface area contributed by atoms with Crippen molar-refractivity contribution in [2.24, 2.45) is 0 Å². The number of nitrogens with zero attached hydrogens (tertiary/aromatic N) is 1. The molecule has 2 aromatic rings. The van der Waals surface area contributed by atoms with Crippen LogP contribution in [0.1, 0.15) is 22.3 Å². The minimum absolute atomic E-state index is 0.00301. The zero-order valence-corrected chi connectivity index (χ0v) is 12.2. The average molecular weight is 275 g/mol. The smallest absolute Gasteiger partial charge is 0.199 e. The molecule has 0 bridgehead atoms. The van der Waals surface area contributed by atoms with E-state index in [4.69, 9.17) is 0 Å². The Morgan fingerprint density at radius 2 is 1.68 bits per heavy atom. The first kappa shape index (κ1) is 13.7. The Morgan fingerprint density at radius 1 is 1.00 bits per heavy atom. The molecule has 0 saturated carbocycles. The molecule has 1 aromatic heterocycles. The number of hydrogen-bond acceptors (Lipinski definition) is 3. The van der Waals surface area contributed by atoms with E-state index in [0.29, 0.717) is 0 Å². The molecular formula is C15H17NO2S. The molecule has 3 nitrogen and oxygen atoms in total. The molecule has 0 radical (unpaired) electrons. The number of benzene rings is 1. The van der Waals surface area contributed by atoms with Crippen molar-refractivity contribution in [1.82, 2.24) is 4.98 Å². The van der Waals surface area contributed by atoms with Gasteiger partial charge in [0.05, 0.1) is 5.75 Å². The Hall–Kier alpha value is -1.68. The van der Waals surface area contributed by atoms with Gasteiger partial charge in [0.15, 0.2) is 14.9 Å². The molecule has 0 aliphatic rings. The Labute approximate surface area is 114 Å². The molecule has 2 rings (SSSR count). The first-order valence-corrected chi connectivity index (χ1v) is 7.75. The van der Waals surface area contributed by atoms with Crippen LogP contribution in [0.15, 0.2) is 41.6 Å². The summed E-state index contributed by atoms with van der Waals surface area (Å²) in [6, 6.07) is 9.25. The highest BCUT2D eigenvalue weighted by Crippen LogP contribution is 2.19. The van der Waals surface area contributed by atoms with Crippen molar-refractivity contribution in [2.45, 2.75) is 31.6 Å². The molecule has 100 valence electrons. The molecule has 0 aliphatic heterocycles. The molecule has 0 N–H and O–H groups in total. The zero-order chi connectivity index (χ0) is 14.0. The quantitative estimate of drug-likeness (QED) is 0.865. The lowest BCUT2D eigenvalue weighted by molar-refractivity contribution is 0.591. The predicted molar refractivity (Wildman–Crippen MR) is 75.8 cm³/mol. The van der Waals surface area contributed by atoms with Gasteiger partial charge in [-0.1, -0.05) is 23.8 Å². The summed E-state index contributed by atoms with van der Waals surface area (Å²) < 4.78 is 24.7. The number of sulfone groups is 1. The second kappa shape index (κ2) is 5.13. The van der Waals surface area contributed by atoms with Gasteiger partial charge in [0.1, 0.15) is 0 Å². The Balaban J connectivity index is 2.39. The molecule has 0 atom stereocenters. The lowest BCUT2D eigenvalue weighted by Crippen LogP contribution is -2.08. The Morgan fingerprint density at radius 3 is 2.37 bits per heavy atom. The third kappa shape index (κ3) is 3.20. The maximum atomic E-state index is 12.4. The van der Waals surface area contributed by atoms with Gasteiger partial charge in [0.25, 0.3) is 0 Å². The van der Waals surface area contributed by atoms with Crippen LogP contribution < -0.4 is 0 Å². The van der Waals surface area contributed by atoms with Crippen LogP contribution in [0.25, 0.3) is 0 Å². The van der Waals surface area contributed by atoms with Crippen molar-refractivity contribution in [3.63, 3.8) is 0 Å². The van der Waals surface area contributed by atoms with E-state index in [2.05, 4.69) is 4.98 Å². The fraction of sp³-hybridized carbons (Fsp3) is 0.267. The summed E-state index contributed by atoms with van der Waals surface area (Å²) in [7, 11) is -3.39. The summed E-state index contributed by atoms with van der Waals surface area (Å²) in [5.74, 6) is -0.00301. The van der Waals surface area contributed by atoms with Crippen molar-refractivity contribution in [3.8, 4) is 0 Å². The van der Waals surface area contributed by atoms with Gasteiger partial charge in [-0.15, -0.1) is 0 Å². The van der Waals surface area contributed by atoms with Crippen molar-refractivity contribution in [2.75, 3.05) is 0 Å². The Kier molecular flexibility index (Phi) is 3.71. The highest BCUT2D eigenvalue weighted by molar-refractivity contribution is 7.90. The summed E-state index contributed by atoms with van der Waals surface area (Å²) in [6.07, 6.45) is 1.53. The molecule has 0 unspecified atom stereocenters. The van der Waals surface area contributed by atoms with Crippen LogP contribution in [0.2, 0.25) is 0 Å². The van der Waals surface area contributed by atoms with Crippen LogP contribution >= 0.6 is 0 Å². The van der Waals surface area contributed by atoms with Gasteiger partial charge in [-0.05, 0) is 49.6 Å². The van der Waals surface area contributed by atoms with Crippen molar-refractivity contribution in [3.05, 3.63) is 58.8 Å². The van der Waals surface area contributed by atoms with Crippen LogP contribution in [0.5, 0.6) is 0 Å². The number of pyridine rings is 1. The molecule has 1 aromatic carbocycles. The monoisotopic (exact) mass is 275 g/mol. The normalized spacial score (nSPS) is 11.5. The number of aromatic nitrogens is 1. The molecule has 0 amide bonds. The van der Waals surface area contributed by atoms with Gasteiger partial charge in [0, 0.05) is 6.20 Å². The second-order valence-corrected chi connectivity index (χ2v) is 6.80. The van der Waals surface area contributed by atoms with E-state index in [9.17, 15) is 8.42 Å². The van der Waals surface area contributed by atoms with Gasteiger partial charge in [-0.2, -0.15) is 0 Å². The molecule has 0 saturated heterocycles. The average Bonchev–Trinajstić information content (AvgIpc) is 2.33. The summed E-state index contributed by atoms with van der Waals surface area (Å²) in [5, 5.41) is 0.147. The number of hydrogen-bond donors (Lipinski definition) is 0. The van der Waals surface area contributed by atoms with Crippen LogP contribution in [0.3, 0.4) is 0 Å². The topological polar surface area (TPSA) is 47.0 Å². The first-order chi connectivity index (χ1) is 8.88. The van der Waals surface area contributed by atoms with Gasteiger partial charge < -0.3 is 0 Å². The molecule has 0 aliphatic carbocycles. The molecule has 0 fully saturated rings. The maximum Gasteiger partial charge on any atom is 0.199 e. The van der Waals surface area contributed by atoms with Gasteiger partial charge in [0.2, 0.25) is 0 Å². The van der Waals surface area contributed by atoms with Gasteiger partial charge in [-0.25, -0.2) is 13.4 Å². The minimum atomic E-state index is -3.39. The fourth-order valence-electron chi connectivity index (χ4n) is 1.91. The number of aryl methyl sites for hydroxylation is 3. The summed E-state index contributed by atoms with van der Waals surface area (Å²) in [4.78, 5) is 3.97. The number of rotatable bonds is 3. The van der Waals surface area contributed by atoms with E-state index in [1.807, 2.05) is 39.0 Å². The van der Waals surface area contributed by atoms with E-state index in [0.717, 1.165) is 22.3 Å². The minimum Gasteiger partial charge on any atom is -0.245 e. The van der Waals surface area contributed by atoms with Gasteiger partial charge in [-0.3, -0.25) is 0 Å². The van der Waals surface area contributed by atoms with Crippen molar-refractivity contribution in [1.29, 1.82) is 0 Å². The van der Waals surface area contributed by atoms with Crippen LogP contribution in [-0.2, 0) is 15.6 Å². The molecule has 1 heterocycles.